The summed E-state index contributed by atoms with van der Waals surface area (Å²) < 4.78 is 11.6. The largest absolute Gasteiger partial charge is 0.450 e. The Kier molecular flexibility index (Phi) is 5.89. The summed E-state index contributed by atoms with van der Waals surface area (Å²) >= 11 is 0. The Labute approximate surface area is 155 Å². The van der Waals surface area contributed by atoms with Crippen LogP contribution in [0.25, 0.3) is 16.7 Å². The van der Waals surface area contributed by atoms with Crippen LogP contribution in [0.4, 0.5) is 5.82 Å². The summed E-state index contributed by atoms with van der Waals surface area (Å²) in [6.07, 6.45) is 9.22. The van der Waals surface area contributed by atoms with Crippen LogP contribution in [0, 0.1) is 12.8 Å². The molecule has 5 nitrogen and oxygen atoms in total. The van der Waals surface area contributed by atoms with Crippen LogP contribution < -0.4 is 4.90 Å². The van der Waals surface area contributed by atoms with Crippen LogP contribution in [-0.4, -0.2) is 36.3 Å². The van der Waals surface area contributed by atoms with Crippen molar-refractivity contribution in [1.82, 2.24) is 9.97 Å². The number of nitrogens with zero attached hydrogens (tertiary/aromatic N) is 3. The van der Waals surface area contributed by atoms with Crippen LogP contribution in [0.1, 0.15) is 31.9 Å². The third-order valence-corrected chi connectivity index (χ3v) is 4.64. The number of rotatable bonds is 6. The maximum Gasteiger partial charge on any atom is 0.195 e. The quantitative estimate of drug-likeness (QED) is 0.714. The molecule has 1 unspecified atom stereocenters. The Balaban J connectivity index is 1.98. The molecular weight excluding hydrogens is 326 g/mol. The van der Waals surface area contributed by atoms with E-state index in [4.69, 9.17) is 9.15 Å². The van der Waals surface area contributed by atoms with Crippen molar-refractivity contribution in [2.45, 2.75) is 27.2 Å². The monoisotopic (exact) mass is 353 g/mol. The first-order valence-electron chi connectivity index (χ1n) is 9.24. The summed E-state index contributed by atoms with van der Waals surface area (Å²) in [5.74, 6) is 2.90. The highest BCUT2D eigenvalue weighted by atomic mass is 16.5. The molecule has 1 atom stereocenters. The Morgan fingerprint density at radius 1 is 1.35 bits per heavy atom. The molecule has 1 aliphatic rings. The van der Waals surface area contributed by atoms with Gasteiger partial charge in [0, 0.05) is 24.7 Å². The molecule has 3 heterocycles. The van der Waals surface area contributed by atoms with Gasteiger partial charge in [0.15, 0.2) is 11.4 Å². The lowest BCUT2D eigenvalue weighted by Gasteiger charge is -2.27. The van der Waals surface area contributed by atoms with Gasteiger partial charge in [-0.15, -0.1) is 0 Å². The van der Waals surface area contributed by atoms with E-state index in [9.17, 15) is 0 Å². The van der Waals surface area contributed by atoms with Gasteiger partial charge in [-0.05, 0) is 12.8 Å². The molecule has 26 heavy (non-hydrogen) atoms. The third kappa shape index (κ3) is 4.05. The van der Waals surface area contributed by atoms with E-state index in [1.54, 1.807) is 0 Å². The SMILES string of the molecule is C=C/C(=C\C=C/C(C)CC)c1cc2nc(C)nc(N3CCOCC3)c2o1. The summed E-state index contributed by atoms with van der Waals surface area (Å²) in [4.78, 5) is 11.4. The van der Waals surface area contributed by atoms with Crippen LogP contribution in [0.3, 0.4) is 0 Å². The number of hydrogen-bond acceptors (Lipinski definition) is 5. The van der Waals surface area contributed by atoms with E-state index in [1.165, 1.54) is 0 Å². The van der Waals surface area contributed by atoms with Crippen molar-refractivity contribution in [3.8, 4) is 0 Å². The van der Waals surface area contributed by atoms with Gasteiger partial charge in [-0.2, -0.15) is 0 Å². The first-order valence-corrected chi connectivity index (χ1v) is 9.24. The van der Waals surface area contributed by atoms with Gasteiger partial charge >= 0.3 is 0 Å². The highest BCUT2D eigenvalue weighted by Crippen LogP contribution is 2.31. The van der Waals surface area contributed by atoms with E-state index in [0.29, 0.717) is 19.1 Å². The van der Waals surface area contributed by atoms with Gasteiger partial charge in [-0.3, -0.25) is 0 Å². The highest BCUT2D eigenvalue weighted by molar-refractivity contribution is 5.88. The molecule has 2 aromatic rings. The Morgan fingerprint density at radius 3 is 2.81 bits per heavy atom. The molecule has 0 radical (unpaired) electrons. The molecule has 1 fully saturated rings. The van der Waals surface area contributed by atoms with Crippen molar-refractivity contribution >= 4 is 22.5 Å². The third-order valence-electron chi connectivity index (χ3n) is 4.64. The van der Waals surface area contributed by atoms with Crippen molar-refractivity contribution in [3.63, 3.8) is 0 Å². The highest BCUT2D eigenvalue weighted by Gasteiger charge is 2.20. The number of allylic oxidation sites excluding steroid dienone is 5. The molecule has 1 aliphatic heterocycles. The normalized spacial score (nSPS) is 17.2. The van der Waals surface area contributed by atoms with Crippen LogP contribution in [0.5, 0.6) is 0 Å². The predicted molar refractivity (Wildman–Crippen MR) is 106 cm³/mol. The lowest BCUT2D eigenvalue weighted by atomic mass is 10.1. The van der Waals surface area contributed by atoms with Crippen LogP contribution in [0.2, 0.25) is 0 Å². The number of morpholine rings is 1. The number of anilines is 1. The minimum atomic E-state index is 0.550. The number of fused-ring (bicyclic) bond motifs is 1. The molecule has 0 amide bonds. The summed E-state index contributed by atoms with van der Waals surface area (Å²) in [6, 6.07) is 1.97. The van der Waals surface area contributed by atoms with Gasteiger partial charge in [0.25, 0.3) is 0 Å². The molecule has 0 saturated carbocycles. The molecule has 0 bridgehead atoms. The molecule has 0 N–H and O–H groups in total. The number of furan rings is 1. The Hall–Kier alpha value is -2.40. The lowest BCUT2D eigenvalue weighted by Crippen LogP contribution is -2.37. The minimum Gasteiger partial charge on any atom is -0.450 e. The van der Waals surface area contributed by atoms with Gasteiger partial charge in [0.1, 0.15) is 17.1 Å². The fourth-order valence-corrected chi connectivity index (χ4v) is 2.90. The molecule has 0 aliphatic carbocycles. The summed E-state index contributed by atoms with van der Waals surface area (Å²) in [5.41, 5.74) is 2.49. The zero-order valence-electron chi connectivity index (χ0n) is 15.9. The lowest BCUT2D eigenvalue weighted by molar-refractivity contribution is 0.122. The second-order valence-corrected chi connectivity index (χ2v) is 6.62. The average molecular weight is 353 g/mol. The topological polar surface area (TPSA) is 51.4 Å². The fourth-order valence-electron chi connectivity index (χ4n) is 2.90. The van der Waals surface area contributed by atoms with Crippen LogP contribution in [0.15, 0.2) is 41.4 Å². The smallest absolute Gasteiger partial charge is 0.195 e. The zero-order valence-corrected chi connectivity index (χ0v) is 15.9. The zero-order chi connectivity index (χ0) is 18.5. The van der Waals surface area contributed by atoms with Crippen LogP contribution >= 0.6 is 0 Å². The first kappa shape index (κ1) is 18.4. The molecule has 5 heteroatoms. The van der Waals surface area contributed by atoms with Gasteiger partial charge in [-0.25, -0.2) is 9.97 Å². The van der Waals surface area contributed by atoms with E-state index in [-0.39, 0.29) is 0 Å². The standard InChI is InChI=1S/C21H27N3O2/c1-5-15(3)8-7-9-17(6-2)19-14-18-20(26-19)21(23-16(4)22-18)24-10-12-25-13-11-24/h6-9,14-15H,2,5,10-13H2,1,3-4H3/b8-7-,17-9+. The number of ether oxygens (including phenoxy) is 1. The van der Waals surface area contributed by atoms with E-state index in [1.807, 2.05) is 25.1 Å². The van der Waals surface area contributed by atoms with Crippen molar-refractivity contribution in [2.75, 3.05) is 31.2 Å². The van der Waals surface area contributed by atoms with E-state index in [0.717, 1.165) is 53.6 Å². The minimum absolute atomic E-state index is 0.550. The van der Waals surface area contributed by atoms with Gasteiger partial charge < -0.3 is 14.1 Å². The van der Waals surface area contributed by atoms with Crippen molar-refractivity contribution < 1.29 is 9.15 Å². The van der Waals surface area contributed by atoms with Crippen LogP contribution in [-0.2, 0) is 4.74 Å². The summed E-state index contributed by atoms with van der Waals surface area (Å²) in [5, 5.41) is 0. The molecule has 1 saturated heterocycles. The summed E-state index contributed by atoms with van der Waals surface area (Å²) in [7, 11) is 0. The number of hydrogen-bond donors (Lipinski definition) is 0. The van der Waals surface area contributed by atoms with Crippen molar-refractivity contribution in [2.24, 2.45) is 5.92 Å². The molecule has 3 rings (SSSR count). The van der Waals surface area contributed by atoms with Crippen molar-refractivity contribution in [3.05, 3.63) is 48.5 Å². The fraction of sp³-hybridized carbons (Fsp3) is 0.429. The Bertz CT molecular complexity index is 829. The van der Waals surface area contributed by atoms with Crippen molar-refractivity contribution in [1.29, 1.82) is 0 Å². The van der Waals surface area contributed by atoms with Gasteiger partial charge in [-0.1, -0.05) is 51.2 Å². The molecule has 2 aromatic heterocycles. The van der Waals surface area contributed by atoms with Gasteiger partial charge in [0.05, 0.1) is 13.2 Å². The molecule has 0 spiro atoms. The molecular formula is C21H27N3O2. The predicted octanol–water partition coefficient (Wildman–Crippen LogP) is 4.54. The first-order chi connectivity index (χ1) is 12.6. The van der Waals surface area contributed by atoms with E-state index < -0.39 is 0 Å². The second-order valence-electron chi connectivity index (χ2n) is 6.62. The van der Waals surface area contributed by atoms with Gasteiger partial charge in [0.2, 0.25) is 0 Å². The number of aromatic nitrogens is 2. The second kappa shape index (κ2) is 8.32. The Morgan fingerprint density at radius 2 is 2.12 bits per heavy atom. The summed E-state index contributed by atoms with van der Waals surface area (Å²) in [6.45, 7) is 13.3. The van der Waals surface area contributed by atoms with E-state index >= 15 is 0 Å². The molecule has 138 valence electrons. The van der Waals surface area contributed by atoms with E-state index in [2.05, 4.69) is 47.4 Å². The maximum atomic E-state index is 6.16. The maximum absolute atomic E-state index is 6.16. The average Bonchev–Trinajstić information content (AvgIpc) is 3.08. The molecule has 0 aromatic carbocycles. The number of aryl methyl sites for hydroxylation is 1.